The fraction of sp³-hybridized carbons (Fsp3) is 0.591. The van der Waals surface area contributed by atoms with E-state index in [-0.39, 0.29) is 18.2 Å². The third-order valence-corrected chi connectivity index (χ3v) is 4.88. The van der Waals surface area contributed by atoms with Gasteiger partial charge >= 0.3 is 5.97 Å². The first kappa shape index (κ1) is 23.7. The van der Waals surface area contributed by atoms with E-state index in [9.17, 15) is 19.5 Å². The first-order valence-electron chi connectivity index (χ1n) is 10.3. The van der Waals surface area contributed by atoms with Crippen LogP contribution in [-0.2, 0) is 14.4 Å². The highest BCUT2D eigenvalue weighted by Crippen LogP contribution is 2.19. The second-order valence-electron chi connectivity index (χ2n) is 7.17. The van der Waals surface area contributed by atoms with E-state index in [1.807, 2.05) is 6.07 Å². The van der Waals surface area contributed by atoms with Crippen molar-refractivity contribution in [2.45, 2.75) is 70.8 Å². The third-order valence-electron chi connectivity index (χ3n) is 4.88. The number of aliphatic carboxylic acids is 1. The molecule has 1 rings (SSSR count). The van der Waals surface area contributed by atoms with Gasteiger partial charge in [0.2, 0.25) is 11.8 Å². The molecule has 0 aliphatic heterocycles. The van der Waals surface area contributed by atoms with Gasteiger partial charge < -0.3 is 15.7 Å². The lowest BCUT2D eigenvalue weighted by Crippen LogP contribution is -2.42. The Labute approximate surface area is 168 Å². The average molecular weight is 391 g/mol. The van der Waals surface area contributed by atoms with Crippen LogP contribution in [0.25, 0.3) is 0 Å². The number of carbonyl (C=O) groups is 3. The van der Waals surface area contributed by atoms with Gasteiger partial charge in [-0.1, -0.05) is 82.2 Å². The van der Waals surface area contributed by atoms with Gasteiger partial charge in [0.1, 0.15) is 6.04 Å². The van der Waals surface area contributed by atoms with Crippen molar-refractivity contribution >= 4 is 17.8 Å². The molecule has 0 saturated heterocycles. The summed E-state index contributed by atoms with van der Waals surface area (Å²) in [5, 5.41) is 14.5. The summed E-state index contributed by atoms with van der Waals surface area (Å²) in [6.07, 6.45) is 8.04. The van der Waals surface area contributed by atoms with Crippen LogP contribution in [0.3, 0.4) is 0 Å². The summed E-state index contributed by atoms with van der Waals surface area (Å²) in [6, 6.07) is 8.13. The number of likely N-dealkylation sites (N-methyl/N-ethyl adjacent to an activating group) is 1. The van der Waals surface area contributed by atoms with Crippen LogP contribution in [0.4, 0.5) is 0 Å². The molecule has 6 nitrogen and oxygen atoms in total. The minimum atomic E-state index is -1.00. The summed E-state index contributed by atoms with van der Waals surface area (Å²) in [5.74, 6) is -2.35. The maximum atomic E-state index is 12.7. The lowest BCUT2D eigenvalue weighted by Gasteiger charge is -2.21. The summed E-state index contributed by atoms with van der Waals surface area (Å²) in [7, 11) is 1.51. The number of benzene rings is 1. The number of hydrogen-bond acceptors (Lipinski definition) is 3. The van der Waals surface area contributed by atoms with Crippen molar-refractivity contribution < 1.29 is 19.5 Å². The molecular weight excluding hydrogens is 356 g/mol. The minimum absolute atomic E-state index is 0.225. The molecule has 0 aliphatic carbocycles. The fourth-order valence-electron chi connectivity index (χ4n) is 3.23. The van der Waals surface area contributed by atoms with Gasteiger partial charge in [-0.05, 0) is 12.0 Å². The van der Waals surface area contributed by atoms with Crippen molar-refractivity contribution in [2.75, 3.05) is 7.05 Å². The molecule has 2 atom stereocenters. The molecule has 0 aliphatic rings. The zero-order valence-electron chi connectivity index (χ0n) is 17.1. The summed E-state index contributed by atoms with van der Waals surface area (Å²) >= 11 is 0. The Morgan fingerprint density at radius 3 is 2.11 bits per heavy atom. The van der Waals surface area contributed by atoms with Crippen molar-refractivity contribution in [3.63, 3.8) is 0 Å². The quantitative estimate of drug-likeness (QED) is 0.421. The molecule has 1 aromatic carbocycles. The summed E-state index contributed by atoms with van der Waals surface area (Å²) in [4.78, 5) is 36.2. The topological polar surface area (TPSA) is 95.5 Å². The van der Waals surface area contributed by atoms with E-state index in [0.717, 1.165) is 19.3 Å². The molecule has 0 fully saturated rings. The van der Waals surface area contributed by atoms with Crippen LogP contribution in [0, 0.1) is 5.92 Å². The molecule has 6 heteroatoms. The number of carbonyl (C=O) groups excluding carboxylic acids is 2. The largest absolute Gasteiger partial charge is 0.481 e. The normalized spacial score (nSPS) is 12.8. The Morgan fingerprint density at radius 2 is 1.54 bits per heavy atom. The number of carboxylic acid groups (broad SMARTS) is 1. The van der Waals surface area contributed by atoms with Gasteiger partial charge in [-0.3, -0.25) is 14.4 Å². The zero-order valence-corrected chi connectivity index (χ0v) is 17.1. The van der Waals surface area contributed by atoms with Crippen LogP contribution in [0.15, 0.2) is 30.3 Å². The SMILES string of the molecule is CCCCCCCCCC(CC(=O)O)C(=O)N[C@@H](C(=O)NC)c1ccccc1. The molecule has 2 amide bonds. The van der Waals surface area contributed by atoms with Crippen molar-refractivity contribution in [1.29, 1.82) is 0 Å². The molecule has 1 aromatic rings. The second-order valence-corrected chi connectivity index (χ2v) is 7.17. The van der Waals surface area contributed by atoms with Gasteiger partial charge in [-0.15, -0.1) is 0 Å². The summed E-state index contributed by atoms with van der Waals surface area (Å²) in [6.45, 7) is 2.18. The van der Waals surface area contributed by atoms with Gasteiger partial charge in [-0.2, -0.15) is 0 Å². The van der Waals surface area contributed by atoms with Crippen LogP contribution in [-0.4, -0.2) is 29.9 Å². The smallest absolute Gasteiger partial charge is 0.304 e. The van der Waals surface area contributed by atoms with Crippen LogP contribution >= 0.6 is 0 Å². The Morgan fingerprint density at radius 1 is 0.929 bits per heavy atom. The minimum Gasteiger partial charge on any atom is -0.481 e. The number of rotatable bonds is 14. The van der Waals surface area contributed by atoms with Crippen molar-refractivity contribution in [3.05, 3.63) is 35.9 Å². The van der Waals surface area contributed by atoms with E-state index in [1.54, 1.807) is 24.3 Å². The van der Waals surface area contributed by atoms with Crippen LogP contribution < -0.4 is 10.6 Å². The monoisotopic (exact) mass is 390 g/mol. The van der Waals surface area contributed by atoms with Crippen molar-refractivity contribution in [3.8, 4) is 0 Å². The lowest BCUT2D eigenvalue weighted by atomic mass is 9.95. The molecule has 1 unspecified atom stereocenters. The van der Waals surface area contributed by atoms with Crippen molar-refractivity contribution in [1.82, 2.24) is 10.6 Å². The van der Waals surface area contributed by atoms with Crippen LogP contribution in [0.1, 0.15) is 76.3 Å². The Hall–Kier alpha value is -2.37. The van der Waals surface area contributed by atoms with Crippen LogP contribution in [0.2, 0.25) is 0 Å². The number of unbranched alkanes of at least 4 members (excludes halogenated alkanes) is 6. The standard InChI is InChI=1S/C22H34N2O4/c1-3-4-5-6-7-8-10-15-18(16-19(25)26)21(27)24-20(22(28)23-2)17-13-11-9-12-14-17/h9,11-14,18,20H,3-8,10,15-16H2,1-2H3,(H,23,28)(H,24,27)(H,25,26)/t18?,20-/m1/s1. The van der Waals surface area contributed by atoms with Crippen molar-refractivity contribution in [2.24, 2.45) is 5.92 Å². The Kier molecular flexibility index (Phi) is 11.6. The van der Waals surface area contributed by atoms with E-state index >= 15 is 0 Å². The third kappa shape index (κ3) is 9.02. The molecule has 0 saturated carbocycles. The molecule has 156 valence electrons. The first-order chi connectivity index (χ1) is 13.5. The lowest BCUT2D eigenvalue weighted by molar-refractivity contribution is -0.141. The number of carboxylic acids is 1. The van der Waals surface area contributed by atoms with Crippen LogP contribution in [0.5, 0.6) is 0 Å². The molecule has 28 heavy (non-hydrogen) atoms. The van der Waals surface area contributed by atoms with E-state index in [2.05, 4.69) is 17.6 Å². The Bertz CT molecular complexity index is 604. The maximum absolute atomic E-state index is 12.7. The highest BCUT2D eigenvalue weighted by atomic mass is 16.4. The van der Waals surface area contributed by atoms with Gasteiger partial charge in [0, 0.05) is 13.0 Å². The predicted octanol–water partition coefficient (Wildman–Crippen LogP) is 3.82. The number of hydrogen-bond donors (Lipinski definition) is 3. The van der Waals surface area contributed by atoms with E-state index < -0.39 is 17.9 Å². The van der Waals surface area contributed by atoms with E-state index in [0.29, 0.717) is 12.0 Å². The van der Waals surface area contributed by atoms with E-state index in [1.165, 1.54) is 32.7 Å². The van der Waals surface area contributed by atoms with Gasteiger partial charge in [0.25, 0.3) is 0 Å². The average Bonchev–Trinajstić information content (AvgIpc) is 2.70. The Balaban J connectivity index is 2.65. The number of nitrogens with one attached hydrogen (secondary N) is 2. The summed E-state index contributed by atoms with van der Waals surface area (Å²) in [5.41, 5.74) is 0.667. The summed E-state index contributed by atoms with van der Waals surface area (Å²) < 4.78 is 0. The van der Waals surface area contributed by atoms with E-state index in [4.69, 9.17) is 0 Å². The molecule has 0 spiro atoms. The van der Waals surface area contributed by atoms with Gasteiger partial charge in [0.05, 0.1) is 6.42 Å². The maximum Gasteiger partial charge on any atom is 0.304 e. The molecule has 0 bridgehead atoms. The number of amides is 2. The highest BCUT2D eigenvalue weighted by molar-refractivity contribution is 5.90. The zero-order chi connectivity index (χ0) is 20.8. The molecular formula is C22H34N2O4. The molecule has 0 radical (unpaired) electrons. The predicted molar refractivity (Wildman–Crippen MR) is 110 cm³/mol. The molecule has 3 N–H and O–H groups in total. The molecule has 0 aromatic heterocycles. The highest BCUT2D eigenvalue weighted by Gasteiger charge is 2.27. The first-order valence-corrected chi connectivity index (χ1v) is 10.3. The second kappa shape index (κ2) is 13.7. The fourth-order valence-corrected chi connectivity index (χ4v) is 3.23. The van der Waals surface area contributed by atoms with Gasteiger partial charge in [0.15, 0.2) is 0 Å². The molecule has 0 heterocycles. The van der Waals surface area contributed by atoms with Gasteiger partial charge in [-0.25, -0.2) is 0 Å².